The van der Waals surface area contributed by atoms with Gasteiger partial charge in [-0.15, -0.1) is 0 Å². The Morgan fingerprint density at radius 3 is 2.64 bits per heavy atom. The molecule has 3 heteroatoms. The first-order valence-electron chi connectivity index (χ1n) is 4.13. The zero-order valence-corrected chi connectivity index (χ0v) is 7.48. The van der Waals surface area contributed by atoms with E-state index < -0.39 is 0 Å². The molecule has 0 aromatic rings. The highest BCUT2D eigenvalue weighted by atomic mass is 16.2. The van der Waals surface area contributed by atoms with Gasteiger partial charge in [0.25, 0.3) is 0 Å². The van der Waals surface area contributed by atoms with Crippen LogP contribution in [0.1, 0.15) is 27.2 Å². The second-order valence-corrected chi connectivity index (χ2v) is 3.55. The van der Waals surface area contributed by atoms with Crippen molar-refractivity contribution in [1.29, 1.82) is 0 Å². The third kappa shape index (κ3) is 1.47. The smallest absolute Gasteiger partial charge is 0.317 e. The van der Waals surface area contributed by atoms with Gasteiger partial charge in [0, 0.05) is 18.6 Å². The average molecular weight is 156 g/mol. The van der Waals surface area contributed by atoms with Crippen molar-refractivity contribution in [2.75, 3.05) is 13.1 Å². The van der Waals surface area contributed by atoms with E-state index in [1.165, 1.54) is 0 Å². The first kappa shape index (κ1) is 8.37. The zero-order valence-electron chi connectivity index (χ0n) is 7.48. The second-order valence-electron chi connectivity index (χ2n) is 3.55. The lowest BCUT2D eigenvalue weighted by Gasteiger charge is -2.33. The Balaban J connectivity index is 2.65. The molecule has 0 radical (unpaired) electrons. The van der Waals surface area contributed by atoms with E-state index in [1.54, 1.807) is 0 Å². The topological polar surface area (TPSA) is 32.3 Å². The van der Waals surface area contributed by atoms with Gasteiger partial charge < -0.3 is 10.2 Å². The van der Waals surface area contributed by atoms with Crippen LogP contribution in [-0.2, 0) is 0 Å². The summed E-state index contributed by atoms with van der Waals surface area (Å²) in [6.07, 6.45) is 1.00. The fourth-order valence-corrected chi connectivity index (χ4v) is 1.24. The predicted octanol–water partition coefficient (Wildman–Crippen LogP) is 1.20. The minimum absolute atomic E-state index is 0.0145. The van der Waals surface area contributed by atoms with Crippen LogP contribution in [0.4, 0.5) is 4.79 Å². The maximum absolute atomic E-state index is 11.2. The maximum Gasteiger partial charge on any atom is 0.317 e. The van der Waals surface area contributed by atoms with Crippen LogP contribution in [0.3, 0.4) is 0 Å². The Bertz CT molecular complexity index is 165. The summed E-state index contributed by atoms with van der Waals surface area (Å²) in [5.74, 6) is 0. The van der Waals surface area contributed by atoms with Gasteiger partial charge in [-0.3, -0.25) is 0 Å². The summed E-state index contributed by atoms with van der Waals surface area (Å²) in [4.78, 5) is 13.1. The molecule has 0 aromatic carbocycles. The molecule has 0 bridgehead atoms. The summed E-state index contributed by atoms with van der Waals surface area (Å²) in [6, 6.07) is 0.0804. The highest BCUT2D eigenvalue weighted by Gasteiger charge is 2.32. The normalized spacial score (nSPS) is 18.8. The SMILES string of the molecule is CCC(C)(C)N1CCNC1=O. The van der Waals surface area contributed by atoms with E-state index in [2.05, 4.69) is 26.1 Å². The molecule has 0 aliphatic carbocycles. The van der Waals surface area contributed by atoms with E-state index in [9.17, 15) is 4.79 Å². The zero-order chi connectivity index (χ0) is 8.48. The Hall–Kier alpha value is -0.730. The van der Waals surface area contributed by atoms with E-state index in [0.717, 1.165) is 19.5 Å². The molecule has 1 heterocycles. The third-order valence-electron chi connectivity index (χ3n) is 2.45. The lowest BCUT2D eigenvalue weighted by molar-refractivity contribution is 0.157. The molecule has 1 N–H and O–H groups in total. The molecule has 64 valence electrons. The van der Waals surface area contributed by atoms with Crippen molar-refractivity contribution in [3.8, 4) is 0 Å². The van der Waals surface area contributed by atoms with Crippen molar-refractivity contribution >= 4 is 6.03 Å². The summed E-state index contributed by atoms with van der Waals surface area (Å²) in [5.41, 5.74) is 0.0145. The van der Waals surface area contributed by atoms with Crippen molar-refractivity contribution in [1.82, 2.24) is 10.2 Å². The molecule has 1 aliphatic heterocycles. The average Bonchev–Trinajstić information content (AvgIpc) is 2.36. The highest BCUT2D eigenvalue weighted by Crippen LogP contribution is 2.19. The summed E-state index contributed by atoms with van der Waals surface area (Å²) in [6.45, 7) is 7.93. The first-order valence-corrected chi connectivity index (χ1v) is 4.13. The number of rotatable bonds is 2. The van der Waals surface area contributed by atoms with Crippen molar-refractivity contribution in [2.45, 2.75) is 32.7 Å². The van der Waals surface area contributed by atoms with Gasteiger partial charge in [-0.2, -0.15) is 0 Å². The molecular formula is C8H16N2O. The Morgan fingerprint density at radius 1 is 1.64 bits per heavy atom. The number of urea groups is 1. The summed E-state index contributed by atoms with van der Waals surface area (Å²) in [7, 11) is 0. The molecule has 0 saturated carbocycles. The fourth-order valence-electron chi connectivity index (χ4n) is 1.24. The highest BCUT2D eigenvalue weighted by molar-refractivity contribution is 5.76. The van der Waals surface area contributed by atoms with Gasteiger partial charge in [-0.05, 0) is 20.3 Å². The van der Waals surface area contributed by atoms with Crippen molar-refractivity contribution in [3.63, 3.8) is 0 Å². The van der Waals surface area contributed by atoms with Gasteiger partial charge in [0.1, 0.15) is 0 Å². The van der Waals surface area contributed by atoms with Crippen LogP contribution >= 0.6 is 0 Å². The van der Waals surface area contributed by atoms with Crippen LogP contribution in [0.25, 0.3) is 0 Å². The van der Waals surface area contributed by atoms with E-state index in [-0.39, 0.29) is 11.6 Å². The molecular weight excluding hydrogens is 140 g/mol. The minimum Gasteiger partial charge on any atom is -0.336 e. The van der Waals surface area contributed by atoms with Crippen molar-refractivity contribution in [2.24, 2.45) is 0 Å². The van der Waals surface area contributed by atoms with Gasteiger partial charge in [0.15, 0.2) is 0 Å². The lowest BCUT2D eigenvalue weighted by Crippen LogP contribution is -2.45. The molecule has 3 nitrogen and oxygen atoms in total. The van der Waals surface area contributed by atoms with Crippen LogP contribution < -0.4 is 5.32 Å². The summed E-state index contributed by atoms with van der Waals surface area (Å²) >= 11 is 0. The Kier molecular flexibility index (Phi) is 2.07. The summed E-state index contributed by atoms with van der Waals surface area (Å²) in [5, 5.41) is 2.80. The molecule has 0 atom stereocenters. The Morgan fingerprint density at radius 2 is 2.27 bits per heavy atom. The van der Waals surface area contributed by atoms with Crippen LogP contribution in [0, 0.1) is 0 Å². The number of carbonyl (C=O) groups is 1. The van der Waals surface area contributed by atoms with Gasteiger partial charge in [-0.1, -0.05) is 6.92 Å². The van der Waals surface area contributed by atoms with Crippen LogP contribution in [-0.4, -0.2) is 29.6 Å². The number of amides is 2. The quantitative estimate of drug-likeness (QED) is 0.640. The van der Waals surface area contributed by atoms with E-state index in [0.29, 0.717) is 0 Å². The second kappa shape index (κ2) is 2.72. The standard InChI is InChI=1S/C8H16N2O/c1-4-8(2,3)10-6-5-9-7(10)11/h4-6H2,1-3H3,(H,9,11). The number of carbonyl (C=O) groups excluding carboxylic acids is 1. The largest absolute Gasteiger partial charge is 0.336 e. The third-order valence-corrected chi connectivity index (χ3v) is 2.45. The number of hydrogen-bond acceptors (Lipinski definition) is 1. The monoisotopic (exact) mass is 156 g/mol. The van der Waals surface area contributed by atoms with E-state index >= 15 is 0 Å². The van der Waals surface area contributed by atoms with E-state index in [1.807, 2.05) is 4.90 Å². The molecule has 1 aliphatic rings. The maximum atomic E-state index is 11.2. The molecule has 2 amide bonds. The van der Waals surface area contributed by atoms with Crippen molar-refractivity contribution in [3.05, 3.63) is 0 Å². The van der Waals surface area contributed by atoms with E-state index in [4.69, 9.17) is 0 Å². The molecule has 1 saturated heterocycles. The Labute approximate surface area is 67.8 Å². The molecule has 1 fully saturated rings. The first-order chi connectivity index (χ1) is 5.08. The van der Waals surface area contributed by atoms with Crippen LogP contribution in [0.15, 0.2) is 0 Å². The van der Waals surface area contributed by atoms with Crippen molar-refractivity contribution < 1.29 is 4.79 Å². The molecule has 0 aromatic heterocycles. The number of nitrogens with one attached hydrogen (secondary N) is 1. The van der Waals surface area contributed by atoms with Crippen LogP contribution in [0.2, 0.25) is 0 Å². The van der Waals surface area contributed by atoms with Gasteiger partial charge in [0.05, 0.1) is 0 Å². The van der Waals surface area contributed by atoms with Gasteiger partial charge in [0.2, 0.25) is 0 Å². The lowest BCUT2D eigenvalue weighted by atomic mass is 10.0. The van der Waals surface area contributed by atoms with Gasteiger partial charge in [-0.25, -0.2) is 4.79 Å². The number of hydrogen-bond donors (Lipinski definition) is 1. The molecule has 11 heavy (non-hydrogen) atoms. The molecule has 1 rings (SSSR count). The van der Waals surface area contributed by atoms with Crippen LogP contribution in [0.5, 0.6) is 0 Å². The van der Waals surface area contributed by atoms with Gasteiger partial charge >= 0.3 is 6.03 Å². The molecule has 0 unspecified atom stereocenters. The summed E-state index contributed by atoms with van der Waals surface area (Å²) < 4.78 is 0. The predicted molar refractivity (Wildman–Crippen MR) is 44.5 cm³/mol. The fraction of sp³-hybridized carbons (Fsp3) is 0.875. The molecule has 0 spiro atoms. The number of nitrogens with zero attached hydrogens (tertiary/aromatic N) is 1. The minimum atomic E-state index is 0.0145.